The van der Waals surface area contributed by atoms with Gasteiger partial charge in [0.05, 0.1) is 28.2 Å². The van der Waals surface area contributed by atoms with Crippen LogP contribution in [0.2, 0.25) is 5.02 Å². The Hall–Kier alpha value is -3.20. The van der Waals surface area contributed by atoms with Crippen LogP contribution >= 0.6 is 22.9 Å². The van der Waals surface area contributed by atoms with E-state index in [4.69, 9.17) is 16.3 Å². The minimum absolute atomic E-state index is 0.0510. The highest BCUT2D eigenvalue weighted by molar-refractivity contribution is 7.12. The maximum Gasteiger partial charge on any atom is 0.261 e. The molecule has 0 radical (unpaired) electrons. The molecule has 1 saturated heterocycles. The van der Waals surface area contributed by atoms with Gasteiger partial charge in [0.1, 0.15) is 6.04 Å². The van der Waals surface area contributed by atoms with Crippen LogP contribution in [0.5, 0.6) is 0 Å². The van der Waals surface area contributed by atoms with Crippen molar-refractivity contribution in [3.05, 3.63) is 87.6 Å². The molecule has 2 heterocycles. The summed E-state index contributed by atoms with van der Waals surface area (Å²) in [6.45, 7) is 0.725. The summed E-state index contributed by atoms with van der Waals surface area (Å²) in [5.74, 6) is -1.18. The average molecular weight is 512 g/mol. The molecule has 35 heavy (non-hydrogen) atoms. The number of carbonyl (C=O) groups is 3. The Morgan fingerprint density at radius 2 is 1.80 bits per heavy atom. The number of nitrogens with one attached hydrogen (secondary N) is 2. The monoisotopic (exact) mass is 511 g/mol. The molecule has 1 fully saturated rings. The summed E-state index contributed by atoms with van der Waals surface area (Å²) in [6, 6.07) is 18.3. The third-order valence-electron chi connectivity index (χ3n) is 5.68. The largest absolute Gasteiger partial charge is 0.376 e. The van der Waals surface area contributed by atoms with E-state index < -0.39 is 11.9 Å². The van der Waals surface area contributed by atoms with Gasteiger partial charge in [0, 0.05) is 13.2 Å². The Kier molecular flexibility index (Phi) is 8.52. The first-order chi connectivity index (χ1) is 17.0. The molecule has 182 valence electrons. The summed E-state index contributed by atoms with van der Waals surface area (Å²) in [6.07, 6.45) is 1.78. The number of thiophene rings is 1. The van der Waals surface area contributed by atoms with E-state index >= 15 is 0 Å². The number of benzene rings is 2. The fourth-order valence-corrected chi connectivity index (χ4v) is 4.84. The molecule has 2 atom stereocenters. The fourth-order valence-electron chi connectivity index (χ4n) is 3.97. The molecule has 0 aliphatic carbocycles. The van der Waals surface area contributed by atoms with E-state index in [0.717, 1.165) is 12.8 Å². The van der Waals surface area contributed by atoms with Gasteiger partial charge in [-0.3, -0.25) is 19.3 Å². The van der Waals surface area contributed by atoms with Gasteiger partial charge < -0.3 is 15.4 Å². The van der Waals surface area contributed by atoms with E-state index in [0.29, 0.717) is 34.3 Å². The first-order valence-electron chi connectivity index (χ1n) is 11.4. The van der Waals surface area contributed by atoms with Crippen LogP contribution in [0.3, 0.4) is 0 Å². The minimum atomic E-state index is -0.997. The lowest BCUT2D eigenvalue weighted by molar-refractivity contribution is -0.126. The van der Waals surface area contributed by atoms with E-state index in [1.54, 1.807) is 53.9 Å². The SMILES string of the molecule is O=C(NCC(=O)N(c1ccccc1Cl)[C@H](C(=O)NC[C@H]1CCCO1)c1ccccc1)c1cccs1. The third kappa shape index (κ3) is 6.28. The average Bonchev–Trinajstić information content (AvgIpc) is 3.60. The van der Waals surface area contributed by atoms with E-state index in [2.05, 4.69) is 10.6 Å². The number of hydrogen-bond acceptors (Lipinski definition) is 5. The van der Waals surface area contributed by atoms with Gasteiger partial charge in [-0.1, -0.05) is 60.1 Å². The number of hydrogen-bond donors (Lipinski definition) is 2. The molecule has 0 spiro atoms. The lowest BCUT2D eigenvalue weighted by atomic mass is 10.0. The first-order valence-corrected chi connectivity index (χ1v) is 12.6. The van der Waals surface area contributed by atoms with Crippen LogP contribution < -0.4 is 15.5 Å². The number of rotatable bonds is 9. The van der Waals surface area contributed by atoms with Crippen molar-refractivity contribution in [2.24, 2.45) is 0 Å². The number of carbonyl (C=O) groups excluding carboxylic acids is 3. The van der Waals surface area contributed by atoms with Crippen molar-refractivity contribution in [2.75, 3.05) is 24.6 Å². The first kappa shape index (κ1) is 24.9. The summed E-state index contributed by atoms with van der Waals surface area (Å²) in [5.41, 5.74) is 1.00. The summed E-state index contributed by atoms with van der Waals surface area (Å²) in [4.78, 5) is 41.5. The summed E-state index contributed by atoms with van der Waals surface area (Å²) >= 11 is 7.78. The van der Waals surface area contributed by atoms with Gasteiger partial charge in [-0.05, 0) is 42.0 Å². The van der Waals surface area contributed by atoms with Crippen molar-refractivity contribution >= 4 is 46.3 Å². The molecule has 9 heteroatoms. The highest BCUT2D eigenvalue weighted by atomic mass is 35.5. The zero-order valence-electron chi connectivity index (χ0n) is 19.0. The zero-order chi connectivity index (χ0) is 24.6. The van der Waals surface area contributed by atoms with E-state index in [1.807, 2.05) is 18.2 Å². The maximum atomic E-state index is 13.6. The molecule has 3 amide bonds. The van der Waals surface area contributed by atoms with Gasteiger partial charge >= 0.3 is 0 Å². The Bertz CT molecular complexity index is 1150. The molecule has 7 nitrogen and oxygen atoms in total. The Balaban J connectivity index is 1.64. The molecular weight excluding hydrogens is 486 g/mol. The molecule has 0 unspecified atom stereocenters. The molecular formula is C26H26ClN3O4S. The highest BCUT2D eigenvalue weighted by Gasteiger charge is 2.34. The van der Waals surface area contributed by atoms with Crippen LogP contribution in [-0.4, -0.2) is 43.5 Å². The topological polar surface area (TPSA) is 87.7 Å². The second kappa shape index (κ2) is 12.0. The molecule has 4 rings (SSSR count). The predicted molar refractivity (Wildman–Crippen MR) is 137 cm³/mol. The molecule has 1 aromatic heterocycles. The molecule has 3 aromatic rings. The van der Waals surface area contributed by atoms with Crippen LogP contribution in [0.1, 0.15) is 34.1 Å². The van der Waals surface area contributed by atoms with Crippen molar-refractivity contribution in [1.29, 1.82) is 0 Å². The summed E-state index contributed by atoms with van der Waals surface area (Å²) in [5, 5.41) is 7.72. The number of anilines is 1. The Morgan fingerprint density at radius 3 is 2.49 bits per heavy atom. The van der Waals surface area contributed by atoms with E-state index in [9.17, 15) is 14.4 Å². The summed E-state index contributed by atoms with van der Waals surface area (Å²) < 4.78 is 5.64. The molecule has 2 aromatic carbocycles. The lowest BCUT2D eigenvalue weighted by Crippen LogP contribution is -2.48. The standard InChI is InChI=1S/C26H26ClN3O4S/c27-20-11-4-5-12-21(20)30(23(31)17-29-25(32)22-13-7-15-35-22)24(18-8-2-1-3-9-18)26(33)28-16-19-10-6-14-34-19/h1-5,7-9,11-13,15,19,24H,6,10,14,16-17H2,(H,28,33)(H,29,32)/t19-,24+/m1/s1. The van der Waals surface area contributed by atoms with Crippen LogP contribution in [-0.2, 0) is 14.3 Å². The van der Waals surface area contributed by atoms with Crippen molar-refractivity contribution < 1.29 is 19.1 Å². The molecule has 1 aliphatic rings. The van der Waals surface area contributed by atoms with Crippen LogP contribution in [0.15, 0.2) is 72.1 Å². The van der Waals surface area contributed by atoms with Crippen LogP contribution in [0.4, 0.5) is 5.69 Å². The smallest absolute Gasteiger partial charge is 0.261 e. The Labute approximate surface area is 213 Å². The van der Waals surface area contributed by atoms with Gasteiger partial charge in [-0.15, -0.1) is 11.3 Å². The normalized spacial score (nSPS) is 15.9. The zero-order valence-corrected chi connectivity index (χ0v) is 20.6. The minimum Gasteiger partial charge on any atom is -0.376 e. The highest BCUT2D eigenvalue weighted by Crippen LogP contribution is 2.33. The van der Waals surface area contributed by atoms with Gasteiger partial charge in [0.25, 0.3) is 5.91 Å². The number of ether oxygens (including phenoxy) is 1. The Morgan fingerprint density at radius 1 is 1.03 bits per heavy atom. The maximum absolute atomic E-state index is 13.6. The number of nitrogens with zero attached hydrogens (tertiary/aromatic N) is 1. The fraction of sp³-hybridized carbons (Fsp3) is 0.269. The third-order valence-corrected chi connectivity index (χ3v) is 6.86. The molecule has 1 aliphatic heterocycles. The number of halogens is 1. The molecule has 0 bridgehead atoms. The summed E-state index contributed by atoms with van der Waals surface area (Å²) in [7, 11) is 0. The van der Waals surface area contributed by atoms with Gasteiger partial charge in [0.2, 0.25) is 11.8 Å². The molecule has 2 N–H and O–H groups in total. The lowest BCUT2D eigenvalue weighted by Gasteiger charge is -2.32. The van der Waals surface area contributed by atoms with Crippen LogP contribution in [0, 0.1) is 0 Å². The number of para-hydroxylation sites is 1. The predicted octanol–water partition coefficient (Wildman–Crippen LogP) is 4.20. The van der Waals surface area contributed by atoms with Gasteiger partial charge in [0.15, 0.2) is 0 Å². The van der Waals surface area contributed by atoms with Crippen molar-refractivity contribution in [2.45, 2.75) is 25.0 Å². The quantitative estimate of drug-likeness (QED) is 0.450. The number of amides is 3. The van der Waals surface area contributed by atoms with Crippen molar-refractivity contribution in [3.63, 3.8) is 0 Å². The van der Waals surface area contributed by atoms with Crippen LogP contribution in [0.25, 0.3) is 0 Å². The van der Waals surface area contributed by atoms with E-state index in [1.165, 1.54) is 16.2 Å². The van der Waals surface area contributed by atoms with Crippen molar-refractivity contribution in [1.82, 2.24) is 10.6 Å². The molecule has 0 saturated carbocycles. The van der Waals surface area contributed by atoms with Gasteiger partial charge in [-0.25, -0.2) is 0 Å². The van der Waals surface area contributed by atoms with Gasteiger partial charge in [-0.2, -0.15) is 0 Å². The van der Waals surface area contributed by atoms with E-state index in [-0.39, 0.29) is 24.5 Å². The van der Waals surface area contributed by atoms with Crippen molar-refractivity contribution in [3.8, 4) is 0 Å². The second-order valence-corrected chi connectivity index (χ2v) is 9.42. The second-order valence-electron chi connectivity index (χ2n) is 8.07.